The van der Waals surface area contributed by atoms with Crippen LogP contribution in [-0.4, -0.2) is 39.8 Å². The van der Waals surface area contributed by atoms with Gasteiger partial charge in [-0.1, -0.05) is 6.07 Å². The Morgan fingerprint density at radius 2 is 2.14 bits per heavy atom. The highest BCUT2D eigenvalue weighted by Crippen LogP contribution is 2.21. The number of nitrogens with one attached hydrogen (secondary N) is 1. The minimum Gasteiger partial charge on any atom is -0.370 e. The van der Waals surface area contributed by atoms with Gasteiger partial charge in [-0.05, 0) is 38.3 Å². The van der Waals surface area contributed by atoms with Gasteiger partial charge in [-0.2, -0.15) is 5.10 Å². The molecule has 0 bridgehead atoms. The van der Waals surface area contributed by atoms with E-state index in [2.05, 4.69) is 30.4 Å². The molecule has 110 valence electrons. The summed E-state index contributed by atoms with van der Waals surface area (Å²) in [5.74, 6) is 2.26. The monoisotopic (exact) mass is 284 g/mol. The molecule has 3 heterocycles. The van der Waals surface area contributed by atoms with Crippen molar-refractivity contribution in [2.24, 2.45) is 5.92 Å². The first-order chi connectivity index (χ1) is 10.2. The minimum absolute atomic E-state index is 0.581. The molecule has 1 fully saturated rings. The van der Waals surface area contributed by atoms with Gasteiger partial charge in [-0.15, -0.1) is 5.10 Å². The number of aryl methyl sites for hydroxylation is 2. The molecule has 2 aromatic heterocycles. The van der Waals surface area contributed by atoms with Gasteiger partial charge in [-0.25, -0.2) is 9.97 Å². The lowest BCUT2D eigenvalue weighted by Gasteiger charge is -2.16. The fourth-order valence-electron chi connectivity index (χ4n) is 2.48. The molecule has 3 rings (SSSR count). The van der Waals surface area contributed by atoms with Crippen LogP contribution in [0.5, 0.6) is 0 Å². The van der Waals surface area contributed by atoms with E-state index in [0.717, 1.165) is 49.2 Å². The van der Waals surface area contributed by atoms with Crippen molar-refractivity contribution in [3.05, 3.63) is 35.8 Å². The van der Waals surface area contributed by atoms with Crippen LogP contribution in [0.25, 0.3) is 0 Å². The van der Waals surface area contributed by atoms with Gasteiger partial charge in [0, 0.05) is 25.8 Å². The Bertz CT molecular complexity index is 600. The molecule has 21 heavy (non-hydrogen) atoms. The van der Waals surface area contributed by atoms with E-state index in [1.807, 2.05) is 32.0 Å². The van der Waals surface area contributed by atoms with Crippen molar-refractivity contribution in [2.45, 2.75) is 20.3 Å². The summed E-state index contributed by atoms with van der Waals surface area (Å²) >= 11 is 0. The third-order valence-electron chi connectivity index (χ3n) is 3.89. The lowest BCUT2D eigenvalue weighted by atomic mass is 10.1. The van der Waals surface area contributed by atoms with Gasteiger partial charge >= 0.3 is 0 Å². The van der Waals surface area contributed by atoms with E-state index in [-0.39, 0.29) is 0 Å². The number of nitrogens with zero attached hydrogens (tertiary/aromatic N) is 5. The van der Waals surface area contributed by atoms with E-state index in [1.165, 1.54) is 0 Å². The van der Waals surface area contributed by atoms with Gasteiger partial charge in [0.15, 0.2) is 0 Å². The number of aromatic nitrogens is 4. The summed E-state index contributed by atoms with van der Waals surface area (Å²) in [7, 11) is 0. The number of rotatable bonds is 4. The lowest BCUT2D eigenvalue weighted by Crippen LogP contribution is -2.25. The Morgan fingerprint density at radius 3 is 2.90 bits per heavy atom. The zero-order valence-electron chi connectivity index (χ0n) is 12.5. The van der Waals surface area contributed by atoms with Crippen LogP contribution in [0.2, 0.25) is 0 Å². The second-order valence-corrected chi connectivity index (χ2v) is 5.48. The maximum atomic E-state index is 4.53. The molecule has 2 aromatic rings. The Labute approximate surface area is 124 Å². The molecule has 1 aliphatic rings. The Morgan fingerprint density at radius 1 is 1.24 bits per heavy atom. The molecule has 0 amide bonds. The molecular formula is C15H20N6. The van der Waals surface area contributed by atoms with Crippen LogP contribution in [0.15, 0.2) is 24.4 Å². The van der Waals surface area contributed by atoms with Crippen molar-refractivity contribution in [3.8, 4) is 0 Å². The SMILES string of the molecule is Cc1nnc(N2CCC(CNc3ccccn3)C2)nc1C. The first kappa shape index (κ1) is 13.7. The van der Waals surface area contributed by atoms with Crippen molar-refractivity contribution in [1.82, 2.24) is 20.2 Å². The molecule has 0 radical (unpaired) electrons. The van der Waals surface area contributed by atoms with Gasteiger partial charge in [0.1, 0.15) is 5.82 Å². The largest absolute Gasteiger partial charge is 0.370 e. The second kappa shape index (κ2) is 6.03. The maximum absolute atomic E-state index is 4.53. The fourth-order valence-corrected chi connectivity index (χ4v) is 2.48. The predicted octanol–water partition coefficient (Wildman–Crippen LogP) is 1.82. The second-order valence-electron chi connectivity index (χ2n) is 5.48. The van der Waals surface area contributed by atoms with E-state index in [4.69, 9.17) is 0 Å². The first-order valence-corrected chi connectivity index (χ1v) is 7.30. The topological polar surface area (TPSA) is 66.8 Å². The molecule has 0 aromatic carbocycles. The van der Waals surface area contributed by atoms with Gasteiger partial charge < -0.3 is 10.2 Å². The van der Waals surface area contributed by atoms with Crippen LogP contribution in [0.4, 0.5) is 11.8 Å². The minimum atomic E-state index is 0.581. The van der Waals surface area contributed by atoms with Crippen molar-refractivity contribution in [3.63, 3.8) is 0 Å². The van der Waals surface area contributed by atoms with Gasteiger partial charge in [0.2, 0.25) is 5.95 Å². The standard InChI is InChI=1S/C15H20N6/c1-11-12(2)19-20-15(18-11)21-8-6-13(10-21)9-17-14-5-3-4-7-16-14/h3-5,7,13H,6,8-10H2,1-2H3,(H,16,17). The van der Waals surface area contributed by atoms with E-state index in [1.54, 1.807) is 6.20 Å². The van der Waals surface area contributed by atoms with Crippen LogP contribution in [0, 0.1) is 19.8 Å². The van der Waals surface area contributed by atoms with E-state index < -0.39 is 0 Å². The average molecular weight is 284 g/mol. The third kappa shape index (κ3) is 3.26. The summed E-state index contributed by atoms with van der Waals surface area (Å²) < 4.78 is 0. The van der Waals surface area contributed by atoms with Gasteiger partial charge in [-0.3, -0.25) is 0 Å². The van der Waals surface area contributed by atoms with Crippen molar-refractivity contribution in [1.29, 1.82) is 0 Å². The number of anilines is 2. The fraction of sp³-hybridized carbons (Fsp3) is 0.467. The maximum Gasteiger partial charge on any atom is 0.245 e. The van der Waals surface area contributed by atoms with Gasteiger partial charge in [0.25, 0.3) is 0 Å². The predicted molar refractivity (Wildman–Crippen MR) is 82.3 cm³/mol. The van der Waals surface area contributed by atoms with E-state index in [9.17, 15) is 0 Å². The van der Waals surface area contributed by atoms with Crippen LogP contribution in [-0.2, 0) is 0 Å². The summed E-state index contributed by atoms with van der Waals surface area (Å²) in [6.07, 6.45) is 2.94. The summed E-state index contributed by atoms with van der Waals surface area (Å²) in [5, 5.41) is 11.8. The van der Waals surface area contributed by atoms with Crippen LogP contribution in [0.3, 0.4) is 0 Å². The molecule has 0 spiro atoms. The quantitative estimate of drug-likeness (QED) is 0.924. The normalized spacial score (nSPS) is 18.0. The summed E-state index contributed by atoms with van der Waals surface area (Å²) in [4.78, 5) is 11.0. The Kier molecular flexibility index (Phi) is 3.94. The van der Waals surface area contributed by atoms with Gasteiger partial charge in [0.05, 0.1) is 11.4 Å². The summed E-state index contributed by atoms with van der Waals surface area (Å²) in [6.45, 7) is 6.78. The lowest BCUT2D eigenvalue weighted by molar-refractivity contribution is 0.619. The third-order valence-corrected chi connectivity index (χ3v) is 3.89. The molecule has 0 aliphatic carbocycles. The van der Waals surface area contributed by atoms with Crippen LogP contribution in [0.1, 0.15) is 17.8 Å². The molecule has 0 saturated carbocycles. The molecule has 6 heteroatoms. The van der Waals surface area contributed by atoms with Crippen molar-refractivity contribution in [2.75, 3.05) is 29.9 Å². The Hall–Kier alpha value is -2.24. The van der Waals surface area contributed by atoms with E-state index in [0.29, 0.717) is 5.92 Å². The molecule has 1 unspecified atom stereocenters. The smallest absolute Gasteiger partial charge is 0.245 e. The molecule has 1 aliphatic heterocycles. The molecule has 6 nitrogen and oxygen atoms in total. The first-order valence-electron chi connectivity index (χ1n) is 7.30. The van der Waals surface area contributed by atoms with Crippen LogP contribution < -0.4 is 10.2 Å². The highest BCUT2D eigenvalue weighted by Gasteiger charge is 2.24. The number of pyridine rings is 1. The van der Waals surface area contributed by atoms with Crippen LogP contribution >= 0.6 is 0 Å². The molecule has 1 N–H and O–H groups in total. The molecule has 1 atom stereocenters. The number of hydrogen-bond donors (Lipinski definition) is 1. The zero-order chi connectivity index (χ0) is 14.7. The highest BCUT2D eigenvalue weighted by molar-refractivity contribution is 5.35. The average Bonchev–Trinajstić information content (AvgIpc) is 2.98. The number of hydrogen-bond acceptors (Lipinski definition) is 6. The molecule has 1 saturated heterocycles. The summed E-state index contributed by atoms with van der Waals surface area (Å²) in [5.41, 5.74) is 1.85. The van der Waals surface area contributed by atoms with E-state index >= 15 is 0 Å². The highest BCUT2D eigenvalue weighted by atomic mass is 15.3. The molecular weight excluding hydrogens is 264 g/mol. The Balaban J connectivity index is 1.56. The van der Waals surface area contributed by atoms with Crippen molar-refractivity contribution >= 4 is 11.8 Å². The summed E-state index contributed by atoms with van der Waals surface area (Å²) in [6, 6.07) is 5.90. The van der Waals surface area contributed by atoms with Crippen molar-refractivity contribution < 1.29 is 0 Å². The zero-order valence-corrected chi connectivity index (χ0v) is 12.5.